The van der Waals surface area contributed by atoms with Crippen LogP contribution in [-0.2, 0) is 4.74 Å². The van der Waals surface area contributed by atoms with Crippen molar-refractivity contribution in [3.05, 3.63) is 41.9 Å². The average molecular weight is 244 g/mol. The molecule has 1 fully saturated rings. The number of ether oxygens (including phenoxy) is 2. The topological polar surface area (TPSA) is 39.6 Å². The van der Waals surface area contributed by atoms with Crippen molar-refractivity contribution in [3.63, 3.8) is 0 Å². The summed E-state index contributed by atoms with van der Waals surface area (Å²) in [6, 6.07) is 8.00. The van der Waals surface area contributed by atoms with E-state index in [1.54, 1.807) is 6.20 Å². The minimum atomic E-state index is 0.255. The molecule has 0 aliphatic carbocycles. The van der Waals surface area contributed by atoms with Gasteiger partial charge < -0.3 is 14.0 Å². The highest BCUT2D eigenvalue weighted by atomic mass is 16.6. The molecule has 94 valence electrons. The highest BCUT2D eigenvalue weighted by Gasteiger charge is 2.24. The molecule has 0 saturated carbocycles. The molecule has 2 aromatic heterocycles. The predicted octanol–water partition coefficient (Wildman–Crippen LogP) is 2.27. The molecule has 1 aliphatic heterocycles. The Hall–Kier alpha value is -1.81. The van der Waals surface area contributed by atoms with E-state index in [1.165, 1.54) is 0 Å². The van der Waals surface area contributed by atoms with Crippen LogP contribution in [0.4, 0.5) is 0 Å². The van der Waals surface area contributed by atoms with Crippen molar-refractivity contribution in [3.8, 4) is 11.6 Å². The molecule has 1 aliphatic rings. The van der Waals surface area contributed by atoms with Gasteiger partial charge in [0.1, 0.15) is 12.7 Å². The van der Waals surface area contributed by atoms with Crippen LogP contribution in [0.5, 0.6) is 5.75 Å². The monoisotopic (exact) mass is 244 g/mol. The van der Waals surface area contributed by atoms with Crippen LogP contribution in [0.2, 0.25) is 0 Å². The number of hydrogen-bond donors (Lipinski definition) is 0. The van der Waals surface area contributed by atoms with Gasteiger partial charge >= 0.3 is 0 Å². The van der Waals surface area contributed by atoms with Gasteiger partial charge in [-0.25, -0.2) is 4.98 Å². The van der Waals surface area contributed by atoms with Gasteiger partial charge in [0.05, 0.1) is 6.61 Å². The molecule has 2 aromatic rings. The van der Waals surface area contributed by atoms with E-state index in [4.69, 9.17) is 9.47 Å². The van der Waals surface area contributed by atoms with E-state index in [1.807, 2.05) is 12.1 Å². The summed E-state index contributed by atoms with van der Waals surface area (Å²) < 4.78 is 13.0. The lowest BCUT2D eigenvalue weighted by atomic mass is 10.4. The van der Waals surface area contributed by atoms with E-state index in [2.05, 4.69) is 35.5 Å². The van der Waals surface area contributed by atoms with Crippen molar-refractivity contribution in [1.29, 1.82) is 0 Å². The summed E-state index contributed by atoms with van der Waals surface area (Å²) in [5.41, 5.74) is 2.30. The summed E-state index contributed by atoms with van der Waals surface area (Å²) in [6.45, 7) is 5.53. The molecule has 1 atom stereocenters. The maximum absolute atomic E-state index is 5.79. The number of epoxide rings is 1. The maximum atomic E-state index is 5.79. The Morgan fingerprint density at radius 1 is 1.33 bits per heavy atom. The largest absolute Gasteiger partial charge is 0.487 e. The van der Waals surface area contributed by atoms with E-state index in [-0.39, 0.29) is 6.10 Å². The Kier molecular flexibility index (Phi) is 2.80. The molecular weight excluding hydrogens is 228 g/mol. The van der Waals surface area contributed by atoms with E-state index in [0.717, 1.165) is 29.6 Å². The van der Waals surface area contributed by atoms with Crippen LogP contribution in [0.25, 0.3) is 5.82 Å². The first-order valence-electron chi connectivity index (χ1n) is 6.10. The lowest BCUT2D eigenvalue weighted by Crippen LogP contribution is -2.09. The van der Waals surface area contributed by atoms with Gasteiger partial charge in [0.25, 0.3) is 0 Å². The molecular formula is C14H16N2O2. The Bertz CT molecular complexity index is 539. The quantitative estimate of drug-likeness (QED) is 0.774. The first-order valence-corrected chi connectivity index (χ1v) is 6.10. The standard InChI is InChI=1S/C14H16N2O2/c1-10-5-6-11(2)16(10)14-13(4-3-7-15-14)18-9-12-8-17-12/h3-7,12H,8-9H2,1-2H3/t12-/m0/s1. The van der Waals surface area contributed by atoms with Gasteiger partial charge in [-0.15, -0.1) is 0 Å². The first kappa shape index (κ1) is 11.3. The first-order chi connectivity index (χ1) is 8.75. The maximum Gasteiger partial charge on any atom is 0.179 e. The summed E-state index contributed by atoms with van der Waals surface area (Å²) in [7, 11) is 0. The number of aromatic nitrogens is 2. The molecule has 0 aromatic carbocycles. The normalized spacial score (nSPS) is 17.8. The molecule has 3 rings (SSSR count). The predicted molar refractivity (Wildman–Crippen MR) is 68.3 cm³/mol. The second kappa shape index (κ2) is 4.46. The fraction of sp³-hybridized carbons (Fsp3) is 0.357. The molecule has 1 saturated heterocycles. The smallest absolute Gasteiger partial charge is 0.179 e. The number of hydrogen-bond acceptors (Lipinski definition) is 3. The lowest BCUT2D eigenvalue weighted by molar-refractivity contribution is 0.261. The molecule has 18 heavy (non-hydrogen) atoms. The van der Waals surface area contributed by atoms with Gasteiger partial charge in [-0.3, -0.25) is 0 Å². The molecule has 0 radical (unpaired) electrons. The minimum absolute atomic E-state index is 0.255. The van der Waals surface area contributed by atoms with Crippen LogP contribution in [0.15, 0.2) is 30.5 Å². The third kappa shape index (κ3) is 2.11. The lowest BCUT2D eigenvalue weighted by Gasteiger charge is -2.13. The zero-order chi connectivity index (χ0) is 12.5. The average Bonchev–Trinajstić information content (AvgIpc) is 3.14. The van der Waals surface area contributed by atoms with Crippen molar-refractivity contribution in [1.82, 2.24) is 9.55 Å². The van der Waals surface area contributed by atoms with Crippen LogP contribution in [0.3, 0.4) is 0 Å². The summed E-state index contributed by atoms with van der Waals surface area (Å²) in [4.78, 5) is 4.44. The Balaban J connectivity index is 1.94. The van der Waals surface area contributed by atoms with Crippen LogP contribution in [0.1, 0.15) is 11.4 Å². The molecule has 4 nitrogen and oxygen atoms in total. The van der Waals surface area contributed by atoms with Gasteiger partial charge in [0.2, 0.25) is 0 Å². The Morgan fingerprint density at radius 2 is 2.06 bits per heavy atom. The molecule has 3 heterocycles. The highest BCUT2D eigenvalue weighted by molar-refractivity contribution is 5.43. The number of nitrogens with zero attached hydrogens (tertiary/aromatic N) is 2. The zero-order valence-corrected chi connectivity index (χ0v) is 10.6. The van der Waals surface area contributed by atoms with Crippen LogP contribution >= 0.6 is 0 Å². The fourth-order valence-corrected chi connectivity index (χ4v) is 2.01. The second-order valence-corrected chi connectivity index (χ2v) is 4.54. The number of rotatable bonds is 4. The van der Waals surface area contributed by atoms with Crippen LogP contribution < -0.4 is 4.74 Å². The summed E-state index contributed by atoms with van der Waals surface area (Å²) >= 11 is 0. The van der Waals surface area contributed by atoms with Crippen molar-refractivity contribution < 1.29 is 9.47 Å². The summed E-state index contributed by atoms with van der Waals surface area (Å²) in [5, 5.41) is 0. The molecule has 0 N–H and O–H groups in total. The minimum Gasteiger partial charge on any atom is -0.487 e. The highest BCUT2D eigenvalue weighted by Crippen LogP contribution is 2.24. The molecule has 0 bridgehead atoms. The second-order valence-electron chi connectivity index (χ2n) is 4.54. The van der Waals surface area contributed by atoms with Gasteiger partial charge in [0.15, 0.2) is 11.6 Å². The van der Waals surface area contributed by atoms with E-state index in [0.29, 0.717) is 6.61 Å². The fourth-order valence-electron chi connectivity index (χ4n) is 2.01. The van der Waals surface area contributed by atoms with Gasteiger partial charge in [-0.2, -0.15) is 0 Å². The van der Waals surface area contributed by atoms with Crippen molar-refractivity contribution in [2.24, 2.45) is 0 Å². The number of pyridine rings is 1. The molecule has 4 heteroatoms. The van der Waals surface area contributed by atoms with Gasteiger partial charge in [0, 0.05) is 17.6 Å². The number of aryl methyl sites for hydroxylation is 2. The van der Waals surface area contributed by atoms with Crippen LogP contribution in [0, 0.1) is 13.8 Å². The van der Waals surface area contributed by atoms with Crippen molar-refractivity contribution in [2.75, 3.05) is 13.2 Å². The Labute approximate surface area is 106 Å². The van der Waals surface area contributed by atoms with Gasteiger partial charge in [-0.1, -0.05) is 0 Å². The van der Waals surface area contributed by atoms with Crippen molar-refractivity contribution in [2.45, 2.75) is 20.0 Å². The van der Waals surface area contributed by atoms with Crippen molar-refractivity contribution >= 4 is 0 Å². The van der Waals surface area contributed by atoms with Gasteiger partial charge in [-0.05, 0) is 38.1 Å². The van der Waals surface area contributed by atoms with E-state index < -0.39 is 0 Å². The van der Waals surface area contributed by atoms with Crippen LogP contribution in [-0.4, -0.2) is 28.9 Å². The SMILES string of the molecule is Cc1ccc(C)n1-c1ncccc1OC[C@@H]1CO1. The van der Waals surface area contributed by atoms with E-state index in [9.17, 15) is 0 Å². The third-order valence-corrected chi connectivity index (χ3v) is 3.06. The Morgan fingerprint density at radius 3 is 2.72 bits per heavy atom. The van der Waals surface area contributed by atoms with E-state index >= 15 is 0 Å². The molecule has 0 unspecified atom stereocenters. The summed E-state index contributed by atoms with van der Waals surface area (Å²) in [5.74, 6) is 1.65. The summed E-state index contributed by atoms with van der Waals surface area (Å²) in [6.07, 6.45) is 2.04. The molecule has 0 spiro atoms. The molecule has 0 amide bonds. The zero-order valence-electron chi connectivity index (χ0n) is 10.6. The third-order valence-electron chi connectivity index (χ3n) is 3.06.